The number of phosphoric acid groups is 2. The van der Waals surface area contributed by atoms with E-state index in [0.29, 0.717) is 31.6 Å². The molecule has 0 bridgehead atoms. The Hall–Kier alpha value is -2.46. The van der Waals surface area contributed by atoms with Gasteiger partial charge in [-0.15, -0.1) is 0 Å². The predicted octanol–water partition coefficient (Wildman–Crippen LogP) is 21.7. The number of ether oxygens (including phenoxy) is 4. The second kappa shape index (κ2) is 66.1. The van der Waals surface area contributed by atoms with Crippen molar-refractivity contribution < 1.29 is 80.2 Å². The molecular formula is C76H144O17P2. The van der Waals surface area contributed by atoms with Crippen LogP contribution in [0.15, 0.2) is 24.3 Å². The summed E-state index contributed by atoms with van der Waals surface area (Å²) in [5, 5.41) is 10.6. The van der Waals surface area contributed by atoms with Crippen LogP contribution in [0, 0.1) is 17.8 Å². The normalized spacial score (nSPS) is 14.5. The molecule has 3 N–H and O–H groups in total. The maximum Gasteiger partial charge on any atom is 0.472 e. The summed E-state index contributed by atoms with van der Waals surface area (Å²) in [7, 11) is -9.92. The maximum atomic E-state index is 13.1. The molecule has 0 aromatic rings. The molecule has 95 heavy (non-hydrogen) atoms. The van der Waals surface area contributed by atoms with Crippen molar-refractivity contribution in [1.29, 1.82) is 0 Å². The fourth-order valence-electron chi connectivity index (χ4n) is 11.0. The fourth-order valence-corrected chi connectivity index (χ4v) is 12.6. The molecule has 0 heterocycles. The van der Waals surface area contributed by atoms with E-state index in [-0.39, 0.29) is 25.7 Å². The summed E-state index contributed by atoms with van der Waals surface area (Å²) >= 11 is 0. The van der Waals surface area contributed by atoms with Crippen molar-refractivity contribution in [2.75, 3.05) is 39.6 Å². The minimum atomic E-state index is -4.96. The molecule has 0 aromatic carbocycles. The molecule has 0 aliphatic carbocycles. The lowest BCUT2D eigenvalue weighted by molar-refractivity contribution is -0.161. The maximum absolute atomic E-state index is 13.1. The SMILES string of the molecule is CCCCCC/C=C\C=C/CCCCCCCC(=O)O[C@H](COC(=O)CCCCCCCCC(C)C)COP(=O)(O)OC[C@H](O)COP(=O)(O)OC[C@@H](COC(=O)CCCCCCCCCCCCCCCCCCC(C)C)OC(=O)CCCCCCCCCCC(C)CC. The molecule has 3 unspecified atom stereocenters. The van der Waals surface area contributed by atoms with Crippen molar-refractivity contribution in [3.05, 3.63) is 24.3 Å². The first-order chi connectivity index (χ1) is 45.8. The van der Waals surface area contributed by atoms with E-state index in [0.717, 1.165) is 121 Å². The minimum absolute atomic E-state index is 0.0836. The largest absolute Gasteiger partial charge is 0.472 e. The first-order valence-corrected chi connectivity index (χ1v) is 41.7. The number of aliphatic hydroxyl groups excluding tert-OH is 1. The number of hydrogen-bond donors (Lipinski definition) is 3. The summed E-state index contributed by atoms with van der Waals surface area (Å²) in [5.74, 6) is 0.102. The molecule has 0 saturated heterocycles. The number of carbonyl (C=O) groups is 4. The van der Waals surface area contributed by atoms with E-state index in [2.05, 4.69) is 72.8 Å². The van der Waals surface area contributed by atoms with Crippen LogP contribution >= 0.6 is 15.6 Å². The smallest absolute Gasteiger partial charge is 0.462 e. The first-order valence-electron chi connectivity index (χ1n) is 38.7. The van der Waals surface area contributed by atoms with Crippen molar-refractivity contribution in [3.63, 3.8) is 0 Å². The molecule has 0 spiro atoms. The third-order valence-electron chi connectivity index (χ3n) is 17.4. The average molecular weight is 1390 g/mol. The van der Waals surface area contributed by atoms with Gasteiger partial charge in [0.1, 0.15) is 19.3 Å². The first kappa shape index (κ1) is 92.5. The average Bonchev–Trinajstić information content (AvgIpc) is 2.43. The van der Waals surface area contributed by atoms with Gasteiger partial charge in [0.2, 0.25) is 0 Å². The number of phosphoric ester groups is 2. The lowest BCUT2D eigenvalue weighted by Crippen LogP contribution is -2.30. The highest BCUT2D eigenvalue weighted by molar-refractivity contribution is 7.47. The standard InChI is InChI=1S/C76H144O17P2/c1-8-10-11-12-13-14-15-16-19-24-27-30-36-45-52-59-75(80)92-72(64-87-74(79)58-51-44-39-38-41-48-55-68(5)6)66-91-95(84,85)89-62-70(77)61-88-94(82,83)90-65-71(93-76(81)60-53-46-37-32-31-34-42-49-56-69(7)9-2)63-86-73(78)57-50-43-35-29-26-23-21-18-17-20-22-25-28-33-40-47-54-67(3)4/h14-16,19,67-72,77H,8-13,17-18,20-66H2,1-7H3,(H,82,83)(H,84,85)/b15-14-,19-16-/t69?,70-,71-,72-/m1/s1. The quantitative estimate of drug-likeness (QED) is 0.0169. The van der Waals surface area contributed by atoms with Crippen LogP contribution < -0.4 is 0 Å². The van der Waals surface area contributed by atoms with Gasteiger partial charge in [0.15, 0.2) is 12.2 Å². The Labute approximate surface area is 580 Å². The van der Waals surface area contributed by atoms with Crippen molar-refractivity contribution in [2.24, 2.45) is 17.8 Å². The van der Waals surface area contributed by atoms with Gasteiger partial charge in [0.25, 0.3) is 0 Å². The third-order valence-corrected chi connectivity index (χ3v) is 19.3. The summed E-state index contributed by atoms with van der Waals surface area (Å²) in [6.45, 7) is 11.8. The highest BCUT2D eigenvalue weighted by atomic mass is 31.2. The summed E-state index contributed by atoms with van der Waals surface area (Å²) in [4.78, 5) is 72.7. The summed E-state index contributed by atoms with van der Waals surface area (Å²) in [5.41, 5.74) is 0. The van der Waals surface area contributed by atoms with Gasteiger partial charge in [-0.3, -0.25) is 37.3 Å². The van der Waals surface area contributed by atoms with E-state index < -0.39 is 97.5 Å². The number of allylic oxidation sites excluding steroid dienone is 4. The van der Waals surface area contributed by atoms with Crippen LogP contribution in [0.5, 0.6) is 0 Å². The van der Waals surface area contributed by atoms with Gasteiger partial charge in [0.05, 0.1) is 26.4 Å². The molecule has 0 rings (SSSR count). The Morgan fingerprint density at radius 3 is 0.937 bits per heavy atom. The van der Waals surface area contributed by atoms with Crippen molar-refractivity contribution in [1.82, 2.24) is 0 Å². The van der Waals surface area contributed by atoms with Crippen LogP contribution in [0.4, 0.5) is 0 Å². The number of unbranched alkanes of at least 4 members (excludes halogenated alkanes) is 36. The van der Waals surface area contributed by atoms with E-state index in [1.54, 1.807) is 0 Å². The van der Waals surface area contributed by atoms with Crippen LogP contribution in [0.3, 0.4) is 0 Å². The van der Waals surface area contributed by atoms with Gasteiger partial charge in [-0.1, -0.05) is 310 Å². The van der Waals surface area contributed by atoms with E-state index in [4.69, 9.17) is 37.0 Å². The second-order valence-corrected chi connectivity index (χ2v) is 30.8. The molecule has 560 valence electrons. The number of rotatable bonds is 72. The monoisotopic (exact) mass is 1390 g/mol. The molecule has 0 amide bonds. The predicted molar refractivity (Wildman–Crippen MR) is 386 cm³/mol. The summed E-state index contributed by atoms with van der Waals surface area (Å²) < 4.78 is 68.4. The lowest BCUT2D eigenvalue weighted by Gasteiger charge is -2.21. The second-order valence-electron chi connectivity index (χ2n) is 27.9. The Morgan fingerprint density at radius 1 is 0.347 bits per heavy atom. The molecule has 0 saturated carbocycles. The zero-order chi connectivity index (χ0) is 70.1. The van der Waals surface area contributed by atoms with E-state index in [1.807, 2.05) is 0 Å². The molecule has 0 radical (unpaired) electrons. The summed E-state index contributed by atoms with van der Waals surface area (Å²) in [6.07, 6.45) is 55.1. The van der Waals surface area contributed by atoms with E-state index >= 15 is 0 Å². The number of esters is 4. The lowest BCUT2D eigenvalue weighted by atomic mass is 9.99. The minimum Gasteiger partial charge on any atom is -0.462 e. The molecular weight excluding hydrogens is 1250 g/mol. The van der Waals surface area contributed by atoms with Gasteiger partial charge in [-0.25, -0.2) is 9.13 Å². The molecule has 17 nitrogen and oxygen atoms in total. The molecule has 0 aromatic heterocycles. The molecule has 0 aliphatic heterocycles. The Kier molecular flexibility index (Phi) is 64.4. The molecule has 19 heteroatoms. The zero-order valence-corrected chi connectivity index (χ0v) is 63.4. The topological polar surface area (TPSA) is 237 Å². The molecule has 6 atom stereocenters. The van der Waals surface area contributed by atoms with E-state index in [1.165, 1.54) is 154 Å². The van der Waals surface area contributed by atoms with Crippen molar-refractivity contribution in [3.8, 4) is 0 Å². The van der Waals surface area contributed by atoms with Crippen LogP contribution in [0.1, 0.15) is 363 Å². The van der Waals surface area contributed by atoms with Crippen molar-refractivity contribution >= 4 is 39.5 Å². The highest BCUT2D eigenvalue weighted by Crippen LogP contribution is 2.45. The molecule has 0 fully saturated rings. The molecule has 0 aliphatic rings. The van der Waals surface area contributed by atoms with Gasteiger partial charge < -0.3 is 33.8 Å². The highest BCUT2D eigenvalue weighted by Gasteiger charge is 2.30. The van der Waals surface area contributed by atoms with Gasteiger partial charge >= 0.3 is 39.5 Å². The van der Waals surface area contributed by atoms with Gasteiger partial charge in [0, 0.05) is 25.7 Å². The van der Waals surface area contributed by atoms with E-state index in [9.17, 15) is 43.2 Å². The summed E-state index contributed by atoms with van der Waals surface area (Å²) in [6, 6.07) is 0. The van der Waals surface area contributed by atoms with Gasteiger partial charge in [-0.2, -0.15) is 0 Å². The number of carbonyl (C=O) groups excluding carboxylic acids is 4. The van der Waals surface area contributed by atoms with Crippen LogP contribution in [-0.2, 0) is 65.4 Å². The zero-order valence-electron chi connectivity index (χ0n) is 61.6. The fraction of sp³-hybridized carbons (Fsp3) is 0.895. The third kappa shape index (κ3) is 68.5. The van der Waals surface area contributed by atoms with Crippen LogP contribution in [0.2, 0.25) is 0 Å². The Bertz CT molecular complexity index is 1950. The number of aliphatic hydroxyl groups is 1. The van der Waals surface area contributed by atoms with Crippen LogP contribution in [0.25, 0.3) is 0 Å². The Balaban J connectivity index is 5.23. The Morgan fingerprint density at radius 2 is 0.621 bits per heavy atom. The number of hydrogen-bond acceptors (Lipinski definition) is 15. The van der Waals surface area contributed by atoms with Crippen LogP contribution in [-0.4, -0.2) is 96.7 Å². The van der Waals surface area contributed by atoms with Crippen molar-refractivity contribution in [2.45, 2.75) is 381 Å². The van der Waals surface area contributed by atoms with Gasteiger partial charge in [-0.05, 0) is 69.1 Å².